The molecule has 3 aromatic rings. The topological polar surface area (TPSA) is 43.8 Å². The second-order valence-corrected chi connectivity index (χ2v) is 5.49. The maximum absolute atomic E-state index is 6.16. The number of nitrogens with zero attached hydrogens (tertiary/aromatic N) is 2. The summed E-state index contributed by atoms with van der Waals surface area (Å²) in [5.41, 5.74) is 10.2. The molecular formula is C16H16ClN3. The highest BCUT2D eigenvalue weighted by Gasteiger charge is 2.10. The zero-order valence-electron chi connectivity index (χ0n) is 11.3. The first-order chi connectivity index (χ1) is 9.65. The Morgan fingerprint density at radius 3 is 2.85 bits per heavy atom. The van der Waals surface area contributed by atoms with Gasteiger partial charge in [0.2, 0.25) is 0 Å². The number of fused-ring (bicyclic) bond motifs is 1. The number of imidazole rings is 1. The van der Waals surface area contributed by atoms with Gasteiger partial charge in [-0.1, -0.05) is 29.8 Å². The van der Waals surface area contributed by atoms with Crippen LogP contribution in [-0.4, -0.2) is 15.6 Å². The summed E-state index contributed by atoms with van der Waals surface area (Å²) in [6.45, 7) is 2.00. The molecule has 102 valence electrons. The maximum atomic E-state index is 6.16. The number of nitrogens with two attached hydrogens (primary N) is 1. The lowest BCUT2D eigenvalue weighted by atomic mass is 10.1. The van der Waals surface area contributed by atoms with Crippen LogP contribution in [0.15, 0.2) is 48.8 Å². The monoisotopic (exact) mass is 285 g/mol. The summed E-state index contributed by atoms with van der Waals surface area (Å²) in [4.78, 5) is 4.43. The van der Waals surface area contributed by atoms with Crippen molar-refractivity contribution in [2.45, 2.75) is 19.4 Å². The van der Waals surface area contributed by atoms with Crippen LogP contribution >= 0.6 is 11.6 Å². The Morgan fingerprint density at radius 2 is 2.05 bits per heavy atom. The lowest BCUT2D eigenvalue weighted by molar-refractivity contribution is 0.734. The van der Waals surface area contributed by atoms with Gasteiger partial charge in [0.05, 0.1) is 16.7 Å². The van der Waals surface area contributed by atoms with Gasteiger partial charge < -0.3 is 5.73 Å². The summed E-state index contributed by atoms with van der Waals surface area (Å²) in [7, 11) is 0. The maximum Gasteiger partial charge on any atom is 0.100 e. The van der Waals surface area contributed by atoms with Crippen LogP contribution in [-0.2, 0) is 6.42 Å². The average molecular weight is 286 g/mol. The fraction of sp³-hybridized carbons (Fsp3) is 0.188. The molecule has 3 rings (SSSR count). The first-order valence-corrected chi connectivity index (χ1v) is 6.99. The van der Waals surface area contributed by atoms with Crippen molar-refractivity contribution in [1.82, 2.24) is 9.55 Å². The third-order valence-electron chi connectivity index (χ3n) is 3.30. The summed E-state index contributed by atoms with van der Waals surface area (Å²) in [6.07, 6.45) is 2.64. The molecule has 0 fully saturated rings. The average Bonchev–Trinajstić information content (AvgIpc) is 2.84. The van der Waals surface area contributed by atoms with Gasteiger partial charge in [-0.05, 0) is 43.2 Å². The van der Waals surface area contributed by atoms with E-state index < -0.39 is 0 Å². The Balaban J connectivity index is 2.20. The van der Waals surface area contributed by atoms with E-state index in [-0.39, 0.29) is 6.04 Å². The lowest BCUT2D eigenvalue weighted by Gasteiger charge is -2.13. The zero-order chi connectivity index (χ0) is 14.1. The van der Waals surface area contributed by atoms with Crippen molar-refractivity contribution in [3.8, 4) is 5.69 Å². The molecular weight excluding hydrogens is 270 g/mol. The normalized spacial score (nSPS) is 12.8. The number of halogens is 1. The highest BCUT2D eigenvalue weighted by molar-refractivity contribution is 6.30. The number of hydrogen-bond donors (Lipinski definition) is 1. The smallest absolute Gasteiger partial charge is 0.100 e. The summed E-state index contributed by atoms with van der Waals surface area (Å²) < 4.78 is 2.07. The van der Waals surface area contributed by atoms with Crippen molar-refractivity contribution in [3.05, 3.63) is 59.4 Å². The van der Waals surface area contributed by atoms with Gasteiger partial charge in [0.1, 0.15) is 6.33 Å². The first kappa shape index (κ1) is 13.2. The molecule has 0 amide bonds. The molecule has 0 spiro atoms. The Bertz CT molecular complexity index is 746. The fourth-order valence-corrected chi connectivity index (χ4v) is 2.60. The van der Waals surface area contributed by atoms with Crippen LogP contribution in [0.2, 0.25) is 5.02 Å². The quantitative estimate of drug-likeness (QED) is 0.799. The van der Waals surface area contributed by atoms with Gasteiger partial charge in [-0.2, -0.15) is 0 Å². The van der Waals surface area contributed by atoms with Crippen LogP contribution in [0.25, 0.3) is 16.7 Å². The second kappa shape index (κ2) is 5.27. The summed E-state index contributed by atoms with van der Waals surface area (Å²) in [6, 6.07) is 14.1. The van der Waals surface area contributed by atoms with Crippen LogP contribution in [0.5, 0.6) is 0 Å². The molecule has 1 unspecified atom stereocenters. The van der Waals surface area contributed by atoms with E-state index in [1.807, 2.05) is 49.6 Å². The highest BCUT2D eigenvalue weighted by Crippen LogP contribution is 2.25. The van der Waals surface area contributed by atoms with Gasteiger partial charge in [0.15, 0.2) is 0 Å². The Kier molecular flexibility index (Phi) is 3.47. The van der Waals surface area contributed by atoms with E-state index in [9.17, 15) is 0 Å². The molecule has 20 heavy (non-hydrogen) atoms. The third-order valence-corrected chi connectivity index (χ3v) is 3.54. The molecule has 4 heteroatoms. The van der Waals surface area contributed by atoms with E-state index >= 15 is 0 Å². The molecule has 1 heterocycles. The molecule has 1 atom stereocenters. The lowest BCUT2D eigenvalue weighted by Crippen LogP contribution is -2.18. The molecule has 1 aromatic heterocycles. The minimum absolute atomic E-state index is 0.102. The summed E-state index contributed by atoms with van der Waals surface area (Å²) in [5.74, 6) is 0. The van der Waals surface area contributed by atoms with Gasteiger partial charge in [-0.15, -0.1) is 0 Å². The Labute approximate surface area is 123 Å². The number of benzene rings is 2. The molecule has 0 saturated carbocycles. The van der Waals surface area contributed by atoms with Crippen LogP contribution in [0, 0.1) is 0 Å². The molecule has 0 radical (unpaired) electrons. The summed E-state index contributed by atoms with van der Waals surface area (Å²) >= 11 is 6.16. The standard InChI is InChI=1S/C16H16ClN3/c1-11(18)8-12-6-7-13(17)9-16(12)20-10-19-14-4-2-3-5-15(14)20/h2-7,9-11H,8,18H2,1H3. The van der Waals surface area contributed by atoms with Gasteiger partial charge in [0.25, 0.3) is 0 Å². The van der Waals surface area contributed by atoms with Gasteiger partial charge >= 0.3 is 0 Å². The van der Waals surface area contributed by atoms with Crippen molar-refractivity contribution >= 4 is 22.6 Å². The van der Waals surface area contributed by atoms with Crippen molar-refractivity contribution < 1.29 is 0 Å². The van der Waals surface area contributed by atoms with E-state index in [4.69, 9.17) is 17.3 Å². The van der Waals surface area contributed by atoms with Crippen molar-refractivity contribution in [1.29, 1.82) is 0 Å². The molecule has 2 aromatic carbocycles. The molecule has 0 aliphatic carbocycles. The second-order valence-electron chi connectivity index (χ2n) is 5.06. The highest BCUT2D eigenvalue weighted by atomic mass is 35.5. The summed E-state index contributed by atoms with van der Waals surface area (Å²) in [5, 5.41) is 0.714. The Hall–Kier alpha value is -1.84. The van der Waals surface area contributed by atoms with Crippen LogP contribution in [0.1, 0.15) is 12.5 Å². The fourth-order valence-electron chi connectivity index (χ4n) is 2.43. The predicted octanol–water partition coefficient (Wildman–Crippen LogP) is 3.57. The molecule has 0 bridgehead atoms. The largest absolute Gasteiger partial charge is 0.328 e. The SMILES string of the molecule is CC(N)Cc1ccc(Cl)cc1-n1cnc2ccccc21. The first-order valence-electron chi connectivity index (χ1n) is 6.61. The third kappa shape index (κ3) is 2.42. The predicted molar refractivity (Wildman–Crippen MR) is 83.4 cm³/mol. The van der Waals surface area contributed by atoms with Gasteiger partial charge in [-0.3, -0.25) is 4.57 Å². The number of para-hydroxylation sites is 2. The molecule has 2 N–H and O–H groups in total. The zero-order valence-corrected chi connectivity index (χ0v) is 12.0. The van der Waals surface area contributed by atoms with Crippen molar-refractivity contribution in [2.75, 3.05) is 0 Å². The van der Waals surface area contributed by atoms with E-state index in [0.29, 0.717) is 5.02 Å². The van der Waals surface area contributed by atoms with E-state index in [1.165, 1.54) is 5.56 Å². The van der Waals surface area contributed by atoms with Crippen LogP contribution in [0.4, 0.5) is 0 Å². The Morgan fingerprint density at radius 1 is 1.25 bits per heavy atom. The van der Waals surface area contributed by atoms with Crippen LogP contribution in [0.3, 0.4) is 0 Å². The minimum atomic E-state index is 0.102. The van der Waals surface area contributed by atoms with Crippen molar-refractivity contribution in [3.63, 3.8) is 0 Å². The van der Waals surface area contributed by atoms with Gasteiger partial charge in [0, 0.05) is 11.1 Å². The van der Waals surface area contributed by atoms with E-state index in [0.717, 1.165) is 23.1 Å². The molecule has 3 nitrogen and oxygen atoms in total. The number of hydrogen-bond acceptors (Lipinski definition) is 2. The van der Waals surface area contributed by atoms with Crippen molar-refractivity contribution in [2.24, 2.45) is 5.73 Å². The minimum Gasteiger partial charge on any atom is -0.328 e. The van der Waals surface area contributed by atoms with E-state index in [2.05, 4.69) is 15.6 Å². The van der Waals surface area contributed by atoms with Crippen LogP contribution < -0.4 is 5.73 Å². The molecule has 0 saturated heterocycles. The molecule has 0 aliphatic heterocycles. The number of aromatic nitrogens is 2. The number of rotatable bonds is 3. The van der Waals surface area contributed by atoms with Gasteiger partial charge in [-0.25, -0.2) is 4.98 Å². The van der Waals surface area contributed by atoms with E-state index in [1.54, 1.807) is 0 Å². The molecule has 0 aliphatic rings.